The number of aliphatic hydroxyl groups excluding tert-OH is 1. The van der Waals surface area contributed by atoms with Crippen LogP contribution in [0.4, 0.5) is 18.9 Å². The van der Waals surface area contributed by atoms with Gasteiger partial charge in [-0.05, 0) is 36.2 Å². The minimum Gasteiger partial charge on any atom is -0.406 e. The van der Waals surface area contributed by atoms with Gasteiger partial charge < -0.3 is 19.6 Å². The van der Waals surface area contributed by atoms with E-state index in [1.165, 1.54) is 34.6 Å². The molecule has 11 heteroatoms. The van der Waals surface area contributed by atoms with Gasteiger partial charge in [-0.15, -0.1) is 13.2 Å². The van der Waals surface area contributed by atoms with Crippen LogP contribution in [0.2, 0.25) is 0 Å². The Labute approximate surface area is 188 Å². The number of benzene rings is 2. The molecular formula is C22H24F3N3O5. The molecule has 3 N–H and O–H groups in total. The van der Waals surface area contributed by atoms with Crippen molar-refractivity contribution >= 4 is 17.5 Å². The van der Waals surface area contributed by atoms with Gasteiger partial charge in [0.2, 0.25) is 5.91 Å². The van der Waals surface area contributed by atoms with E-state index >= 15 is 0 Å². The maximum atomic E-state index is 13.1. The van der Waals surface area contributed by atoms with Gasteiger partial charge in [0, 0.05) is 31.9 Å². The summed E-state index contributed by atoms with van der Waals surface area (Å²) in [5.74, 6) is -2.91. The first-order valence-electron chi connectivity index (χ1n) is 10.2. The van der Waals surface area contributed by atoms with E-state index < -0.39 is 30.2 Å². The summed E-state index contributed by atoms with van der Waals surface area (Å²) in [6.45, 7) is 1.40. The van der Waals surface area contributed by atoms with Crippen LogP contribution in [0, 0.1) is 5.92 Å². The van der Waals surface area contributed by atoms with Crippen LogP contribution in [0.15, 0.2) is 54.6 Å². The Morgan fingerprint density at radius 1 is 1.00 bits per heavy atom. The molecule has 0 saturated carbocycles. The molecule has 8 nitrogen and oxygen atoms in total. The molecule has 0 aromatic heterocycles. The first kappa shape index (κ1) is 24.3. The van der Waals surface area contributed by atoms with Crippen LogP contribution in [-0.4, -0.2) is 65.7 Å². The zero-order chi connectivity index (χ0) is 24.0. The molecule has 2 aromatic rings. The second kappa shape index (κ2) is 10.5. The van der Waals surface area contributed by atoms with Crippen LogP contribution < -0.4 is 15.1 Å². The fraction of sp³-hybridized carbons (Fsp3) is 0.364. The van der Waals surface area contributed by atoms with E-state index in [0.717, 1.165) is 5.56 Å². The summed E-state index contributed by atoms with van der Waals surface area (Å²) in [5.41, 5.74) is 2.82. The average Bonchev–Trinajstić information content (AvgIpc) is 2.81. The van der Waals surface area contributed by atoms with Crippen LogP contribution in [0.25, 0.3) is 0 Å². The number of amides is 2. The van der Waals surface area contributed by atoms with Crippen molar-refractivity contribution < 1.29 is 37.8 Å². The number of anilines is 1. The minimum absolute atomic E-state index is 0.106. The maximum absolute atomic E-state index is 13.1. The molecule has 0 radical (unpaired) electrons. The van der Waals surface area contributed by atoms with E-state index in [0.29, 0.717) is 31.9 Å². The lowest BCUT2D eigenvalue weighted by Crippen LogP contribution is -2.53. The number of alkyl halides is 3. The van der Waals surface area contributed by atoms with Gasteiger partial charge in [-0.25, -0.2) is 5.48 Å². The SMILES string of the molecule is O=C(NO)C(O)[C@H](Cc1ccccc1)C(=O)N1CCN(c2ccc(OC(F)(F)F)cc2)CC1. The van der Waals surface area contributed by atoms with Gasteiger partial charge in [-0.1, -0.05) is 30.3 Å². The fourth-order valence-corrected chi connectivity index (χ4v) is 3.73. The van der Waals surface area contributed by atoms with E-state index in [-0.39, 0.29) is 12.2 Å². The number of halogens is 3. The third kappa shape index (κ3) is 6.59. The highest BCUT2D eigenvalue weighted by molar-refractivity contribution is 5.89. The topological polar surface area (TPSA) is 102 Å². The number of hydrogen-bond acceptors (Lipinski definition) is 6. The van der Waals surface area contributed by atoms with Gasteiger partial charge in [0.25, 0.3) is 5.91 Å². The van der Waals surface area contributed by atoms with E-state index in [4.69, 9.17) is 5.21 Å². The molecule has 0 bridgehead atoms. The van der Waals surface area contributed by atoms with Gasteiger partial charge in [0.05, 0.1) is 5.92 Å². The Hall–Kier alpha value is -3.31. The normalized spacial score (nSPS) is 16.2. The molecule has 33 heavy (non-hydrogen) atoms. The lowest BCUT2D eigenvalue weighted by Gasteiger charge is -2.38. The molecule has 0 aliphatic carbocycles. The molecule has 2 atom stereocenters. The van der Waals surface area contributed by atoms with Crippen molar-refractivity contribution in [3.63, 3.8) is 0 Å². The fourth-order valence-electron chi connectivity index (χ4n) is 3.73. The number of nitrogens with zero attached hydrogens (tertiary/aromatic N) is 2. The molecule has 2 amide bonds. The maximum Gasteiger partial charge on any atom is 0.573 e. The first-order chi connectivity index (χ1) is 15.7. The van der Waals surface area contributed by atoms with E-state index in [2.05, 4.69) is 4.74 Å². The Morgan fingerprint density at radius 3 is 2.15 bits per heavy atom. The van der Waals surface area contributed by atoms with Crippen molar-refractivity contribution in [1.29, 1.82) is 0 Å². The Morgan fingerprint density at radius 2 is 1.61 bits per heavy atom. The predicted octanol–water partition coefficient (Wildman–Crippen LogP) is 1.96. The summed E-state index contributed by atoms with van der Waals surface area (Å²) < 4.78 is 40.8. The summed E-state index contributed by atoms with van der Waals surface area (Å²) in [7, 11) is 0. The number of hydrogen-bond donors (Lipinski definition) is 3. The molecule has 0 spiro atoms. The van der Waals surface area contributed by atoms with Crippen LogP contribution in [0.3, 0.4) is 0 Å². The molecule has 1 fully saturated rings. The number of aliphatic hydroxyl groups is 1. The Balaban J connectivity index is 1.64. The second-order valence-corrected chi connectivity index (χ2v) is 7.57. The molecule has 3 rings (SSSR count). The first-order valence-corrected chi connectivity index (χ1v) is 10.2. The zero-order valence-electron chi connectivity index (χ0n) is 17.5. The van der Waals surface area contributed by atoms with Crippen molar-refractivity contribution in [2.45, 2.75) is 18.9 Å². The van der Waals surface area contributed by atoms with Gasteiger partial charge in [0.1, 0.15) is 11.9 Å². The predicted molar refractivity (Wildman–Crippen MR) is 111 cm³/mol. The number of carbonyl (C=O) groups is 2. The molecule has 1 unspecified atom stereocenters. The molecule has 2 aromatic carbocycles. The van der Waals surface area contributed by atoms with E-state index in [1.807, 2.05) is 4.90 Å². The van der Waals surface area contributed by atoms with Gasteiger partial charge >= 0.3 is 6.36 Å². The summed E-state index contributed by atoms with van der Waals surface area (Å²) in [6.07, 6.45) is -6.39. The van der Waals surface area contributed by atoms with Gasteiger partial charge in [0.15, 0.2) is 0 Å². The van der Waals surface area contributed by atoms with Crippen LogP contribution in [0.1, 0.15) is 5.56 Å². The average molecular weight is 467 g/mol. The van der Waals surface area contributed by atoms with Crippen LogP contribution in [-0.2, 0) is 16.0 Å². The number of ether oxygens (including phenoxy) is 1. The quantitative estimate of drug-likeness (QED) is 0.425. The summed E-state index contributed by atoms with van der Waals surface area (Å²) in [4.78, 5) is 28.4. The molecule has 1 saturated heterocycles. The largest absolute Gasteiger partial charge is 0.573 e. The lowest BCUT2D eigenvalue weighted by molar-refractivity contribution is -0.274. The standard InChI is InChI=1S/C22H24F3N3O5/c23-22(24,25)33-17-8-6-16(7-9-17)27-10-12-28(13-11-27)21(31)18(19(29)20(30)26-32)14-15-4-2-1-3-5-15/h1-9,18-19,29,32H,10-14H2,(H,26,30)/t18-,19?/m0/s1. The highest BCUT2D eigenvalue weighted by Crippen LogP contribution is 2.26. The van der Waals surface area contributed by atoms with Crippen molar-refractivity contribution in [2.24, 2.45) is 5.92 Å². The van der Waals surface area contributed by atoms with Crippen molar-refractivity contribution in [2.75, 3.05) is 31.1 Å². The number of piperazine rings is 1. The van der Waals surface area contributed by atoms with E-state index in [1.54, 1.807) is 30.3 Å². The summed E-state index contributed by atoms with van der Waals surface area (Å²) >= 11 is 0. The molecule has 178 valence electrons. The van der Waals surface area contributed by atoms with Crippen LogP contribution in [0.5, 0.6) is 5.75 Å². The lowest BCUT2D eigenvalue weighted by atomic mass is 9.91. The van der Waals surface area contributed by atoms with Crippen molar-refractivity contribution in [3.8, 4) is 5.75 Å². The molecular weight excluding hydrogens is 443 g/mol. The minimum atomic E-state index is -4.76. The molecule has 1 aliphatic heterocycles. The summed E-state index contributed by atoms with van der Waals surface area (Å²) in [6, 6.07) is 14.4. The monoisotopic (exact) mass is 467 g/mol. The van der Waals surface area contributed by atoms with Crippen LogP contribution >= 0.6 is 0 Å². The van der Waals surface area contributed by atoms with Gasteiger partial charge in [-0.3, -0.25) is 14.8 Å². The zero-order valence-corrected chi connectivity index (χ0v) is 17.5. The second-order valence-electron chi connectivity index (χ2n) is 7.57. The van der Waals surface area contributed by atoms with E-state index in [9.17, 15) is 27.9 Å². The third-order valence-electron chi connectivity index (χ3n) is 5.40. The number of rotatable bonds is 7. The summed E-state index contributed by atoms with van der Waals surface area (Å²) in [5, 5.41) is 19.2. The number of carbonyl (C=O) groups excluding carboxylic acids is 2. The molecule has 1 heterocycles. The Bertz CT molecular complexity index is 933. The highest BCUT2D eigenvalue weighted by atomic mass is 19.4. The highest BCUT2D eigenvalue weighted by Gasteiger charge is 2.36. The van der Waals surface area contributed by atoms with Gasteiger partial charge in [-0.2, -0.15) is 0 Å². The van der Waals surface area contributed by atoms with Crippen molar-refractivity contribution in [3.05, 3.63) is 60.2 Å². The number of hydroxylamine groups is 1. The molecule has 1 aliphatic rings. The Kier molecular flexibility index (Phi) is 7.77. The van der Waals surface area contributed by atoms with Crippen molar-refractivity contribution in [1.82, 2.24) is 10.4 Å². The third-order valence-corrected chi connectivity index (χ3v) is 5.40. The smallest absolute Gasteiger partial charge is 0.406 e. The number of nitrogens with one attached hydrogen (secondary N) is 1.